The van der Waals surface area contributed by atoms with Crippen LogP contribution in [-0.2, 0) is 4.79 Å². The highest BCUT2D eigenvalue weighted by molar-refractivity contribution is 5.93. The lowest BCUT2D eigenvalue weighted by atomic mass is 10.0. The first kappa shape index (κ1) is 15.4. The third-order valence-corrected chi connectivity index (χ3v) is 5.11. The van der Waals surface area contributed by atoms with Crippen molar-refractivity contribution in [3.63, 3.8) is 0 Å². The summed E-state index contributed by atoms with van der Waals surface area (Å²) in [7, 11) is 0. The van der Waals surface area contributed by atoms with Crippen LogP contribution < -0.4 is 11.1 Å². The summed E-state index contributed by atoms with van der Waals surface area (Å²) in [5.41, 5.74) is 6.42. The summed E-state index contributed by atoms with van der Waals surface area (Å²) in [4.78, 5) is 12.5. The molecule has 0 spiro atoms. The van der Waals surface area contributed by atoms with Gasteiger partial charge in [0.2, 0.25) is 5.91 Å². The van der Waals surface area contributed by atoms with Crippen LogP contribution in [0.5, 0.6) is 0 Å². The first-order valence-corrected chi connectivity index (χ1v) is 7.06. The van der Waals surface area contributed by atoms with Gasteiger partial charge in [0, 0.05) is 5.92 Å². The molecular weight excluding hydrogens is 266 g/mol. The molecule has 1 aromatic rings. The lowest BCUT2D eigenvalue weighted by molar-refractivity contribution is -0.123. The van der Waals surface area contributed by atoms with Gasteiger partial charge in [-0.1, -0.05) is 63.2 Å². The lowest BCUT2D eigenvalue weighted by Gasteiger charge is -2.18. The molecule has 5 nitrogen and oxygen atoms in total. The van der Waals surface area contributed by atoms with Crippen LogP contribution in [0.1, 0.15) is 39.3 Å². The minimum absolute atomic E-state index is 0.0224. The molecule has 0 saturated heterocycles. The molecule has 1 fully saturated rings. The lowest BCUT2D eigenvalue weighted by Crippen LogP contribution is -2.39. The van der Waals surface area contributed by atoms with Crippen molar-refractivity contribution in [2.24, 2.45) is 27.6 Å². The predicted molar refractivity (Wildman–Crippen MR) is 81.8 cm³/mol. The van der Waals surface area contributed by atoms with Crippen LogP contribution in [0.2, 0.25) is 0 Å². The summed E-state index contributed by atoms with van der Waals surface area (Å²) in [5, 5.41) is 14.9. The molecule has 4 N–H and O–H groups in total. The average molecular weight is 289 g/mol. The molecule has 1 amide bonds. The maximum absolute atomic E-state index is 12.5. The molecule has 0 bridgehead atoms. The highest BCUT2D eigenvalue weighted by Crippen LogP contribution is 2.68. The van der Waals surface area contributed by atoms with E-state index in [2.05, 4.69) is 38.2 Å². The molecule has 1 unspecified atom stereocenters. The number of oxime groups is 1. The van der Waals surface area contributed by atoms with E-state index < -0.39 is 6.04 Å². The van der Waals surface area contributed by atoms with E-state index in [1.54, 1.807) is 0 Å². The van der Waals surface area contributed by atoms with Crippen molar-refractivity contribution in [3.8, 4) is 0 Å². The van der Waals surface area contributed by atoms with Crippen LogP contribution in [0.15, 0.2) is 35.5 Å². The molecule has 0 radical (unpaired) electrons. The summed E-state index contributed by atoms with van der Waals surface area (Å²) < 4.78 is 0. The van der Waals surface area contributed by atoms with Crippen molar-refractivity contribution in [1.82, 2.24) is 5.32 Å². The van der Waals surface area contributed by atoms with Crippen molar-refractivity contribution in [2.45, 2.75) is 33.7 Å². The number of nitrogens with zero attached hydrogens (tertiary/aromatic N) is 1. The van der Waals surface area contributed by atoms with Crippen LogP contribution in [0.25, 0.3) is 0 Å². The fourth-order valence-corrected chi connectivity index (χ4v) is 3.11. The van der Waals surface area contributed by atoms with Gasteiger partial charge in [-0.25, -0.2) is 0 Å². The molecule has 0 aromatic heterocycles. The largest absolute Gasteiger partial charge is 0.409 e. The van der Waals surface area contributed by atoms with Gasteiger partial charge < -0.3 is 16.3 Å². The Morgan fingerprint density at radius 2 is 1.76 bits per heavy atom. The molecule has 1 saturated carbocycles. The number of amides is 1. The first-order chi connectivity index (χ1) is 9.73. The second-order valence-electron chi connectivity index (χ2n) is 6.75. The predicted octanol–water partition coefficient (Wildman–Crippen LogP) is 2.27. The summed E-state index contributed by atoms with van der Waals surface area (Å²) >= 11 is 0. The Labute approximate surface area is 125 Å². The number of nitrogens with two attached hydrogens (primary N) is 1. The molecule has 1 aliphatic carbocycles. The fraction of sp³-hybridized carbons (Fsp3) is 0.500. The third-order valence-electron chi connectivity index (χ3n) is 5.11. The summed E-state index contributed by atoms with van der Waals surface area (Å²) in [6.07, 6.45) is 0. The second kappa shape index (κ2) is 5.06. The monoisotopic (exact) mass is 289 g/mol. The molecule has 0 heterocycles. The molecule has 2 rings (SSSR count). The van der Waals surface area contributed by atoms with E-state index in [-0.39, 0.29) is 28.5 Å². The van der Waals surface area contributed by atoms with Gasteiger partial charge in [0.05, 0.1) is 0 Å². The van der Waals surface area contributed by atoms with E-state index in [0.717, 1.165) is 5.56 Å². The van der Waals surface area contributed by atoms with Crippen molar-refractivity contribution < 1.29 is 10.0 Å². The summed E-state index contributed by atoms with van der Waals surface area (Å²) in [6, 6.07) is 8.64. The van der Waals surface area contributed by atoms with Gasteiger partial charge in [-0.05, 0) is 16.4 Å². The minimum Gasteiger partial charge on any atom is -0.409 e. The van der Waals surface area contributed by atoms with Gasteiger partial charge in [0.25, 0.3) is 0 Å². The number of carbonyl (C=O) groups is 1. The first-order valence-electron chi connectivity index (χ1n) is 7.06. The standard InChI is InChI=1S/C16H23N3O2/c1-15(2)12(16(15,3)4)14(20)18-11(13(17)19-21)10-8-6-5-7-9-10/h5-9,11-12,21H,1-4H3,(H2,17,19)(H,18,20). The molecule has 114 valence electrons. The number of amidine groups is 1. The van der Waals surface area contributed by atoms with Gasteiger partial charge in [-0.3, -0.25) is 4.79 Å². The van der Waals surface area contributed by atoms with E-state index >= 15 is 0 Å². The molecule has 0 aliphatic heterocycles. The average Bonchev–Trinajstić information content (AvgIpc) is 2.86. The summed E-state index contributed by atoms with van der Waals surface area (Å²) in [5.74, 6) is -0.168. The Morgan fingerprint density at radius 1 is 1.24 bits per heavy atom. The Hall–Kier alpha value is -2.04. The summed E-state index contributed by atoms with van der Waals surface area (Å²) in [6.45, 7) is 8.33. The maximum Gasteiger partial charge on any atom is 0.225 e. The number of hydrogen-bond donors (Lipinski definition) is 3. The van der Waals surface area contributed by atoms with E-state index in [9.17, 15) is 4.79 Å². The maximum atomic E-state index is 12.5. The minimum atomic E-state index is -0.615. The van der Waals surface area contributed by atoms with Crippen LogP contribution in [0.4, 0.5) is 0 Å². The zero-order valence-corrected chi connectivity index (χ0v) is 12.9. The van der Waals surface area contributed by atoms with Crippen molar-refractivity contribution in [1.29, 1.82) is 0 Å². The topological polar surface area (TPSA) is 87.7 Å². The normalized spacial score (nSPS) is 21.6. The smallest absolute Gasteiger partial charge is 0.225 e. The zero-order chi connectivity index (χ0) is 15.8. The van der Waals surface area contributed by atoms with Crippen molar-refractivity contribution in [2.75, 3.05) is 0 Å². The van der Waals surface area contributed by atoms with Gasteiger partial charge in [0.1, 0.15) is 6.04 Å². The molecule has 1 atom stereocenters. The van der Waals surface area contributed by atoms with E-state index in [4.69, 9.17) is 10.9 Å². The Bertz CT molecular complexity index is 550. The molecule has 1 aromatic carbocycles. The van der Waals surface area contributed by atoms with Gasteiger partial charge in [0.15, 0.2) is 5.84 Å². The fourth-order valence-electron chi connectivity index (χ4n) is 3.11. The van der Waals surface area contributed by atoms with Crippen molar-refractivity contribution in [3.05, 3.63) is 35.9 Å². The zero-order valence-electron chi connectivity index (χ0n) is 12.9. The van der Waals surface area contributed by atoms with Crippen LogP contribution in [0.3, 0.4) is 0 Å². The Morgan fingerprint density at radius 3 is 2.19 bits per heavy atom. The quantitative estimate of drug-likeness (QED) is 0.344. The Kier molecular flexibility index (Phi) is 3.70. The van der Waals surface area contributed by atoms with Crippen LogP contribution in [0, 0.1) is 16.7 Å². The SMILES string of the molecule is CC1(C)C(C(=O)NC(C(N)=NO)c2ccccc2)C1(C)C. The van der Waals surface area contributed by atoms with Crippen LogP contribution >= 0.6 is 0 Å². The highest BCUT2D eigenvalue weighted by Gasteiger charge is 2.68. The van der Waals surface area contributed by atoms with Gasteiger partial charge in [-0.15, -0.1) is 0 Å². The van der Waals surface area contributed by atoms with E-state index in [1.807, 2.05) is 30.3 Å². The van der Waals surface area contributed by atoms with Gasteiger partial charge in [-0.2, -0.15) is 0 Å². The number of benzene rings is 1. The van der Waals surface area contributed by atoms with Crippen molar-refractivity contribution >= 4 is 11.7 Å². The second-order valence-corrected chi connectivity index (χ2v) is 6.75. The third kappa shape index (κ3) is 2.48. The molecular formula is C16H23N3O2. The van der Waals surface area contributed by atoms with E-state index in [1.165, 1.54) is 0 Å². The number of nitrogens with one attached hydrogen (secondary N) is 1. The number of hydrogen-bond acceptors (Lipinski definition) is 3. The number of carbonyl (C=O) groups excluding carboxylic acids is 1. The van der Waals surface area contributed by atoms with Crippen LogP contribution in [-0.4, -0.2) is 17.0 Å². The molecule has 21 heavy (non-hydrogen) atoms. The van der Waals surface area contributed by atoms with E-state index in [0.29, 0.717) is 0 Å². The number of rotatable bonds is 4. The molecule has 1 aliphatic rings. The highest BCUT2D eigenvalue weighted by atomic mass is 16.4. The Balaban J connectivity index is 2.20. The van der Waals surface area contributed by atoms with Gasteiger partial charge >= 0.3 is 0 Å². The molecule has 5 heteroatoms.